The summed E-state index contributed by atoms with van der Waals surface area (Å²) in [5.41, 5.74) is 4.86. The summed E-state index contributed by atoms with van der Waals surface area (Å²) in [5.74, 6) is 0.152. The maximum Gasteiger partial charge on any atom is 0.499 e. The van der Waals surface area contributed by atoms with Crippen LogP contribution in [0.1, 0.15) is 36.5 Å². The largest absolute Gasteiger partial charge is 0.499 e. The van der Waals surface area contributed by atoms with Crippen LogP contribution in [-0.2, 0) is 11.3 Å². The molecule has 0 spiro atoms. The molecule has 0 unspecified atom stereocenters. The van der Waals surface area contributed by atoms with Crippen LogP contribution in [-0.4, -0.2) is 49.0 Å². The molecule has 2 heterocycles. The monoisotopic (exact) mass is 674 g/mol. The second-order valence-electron chi connectivity index (χ2n) is 10.6. The lowest BCUT2D eigenvalue weighted by molar-refractivity contribution is -0.360. The Morgan fingerprint density at radius 1 is 1.07 bits per heavy atom. The first-order chi connectivity index (χ1) is 21.7. The molecule has 15 heteroatoms. The lowest BCUT2D eigenvalue weighted by Gasteiger charge is -2.22. The number of amides is 1. The smallest absolute Gasteiger partial charge is 0.426 e. The molecule has 1 aliphatic rings. The fourth-order valence-electron chi connectivity index (χ4n) is 4.49. The molecule has 1 aromatic heterocycles. The zero-order valence-corrected chi connectivity index (χ0v) is 26.3. The Bertz CT molecular complexity index is 1770. The van der Waals surface area contributed by atoms with Crippen LogP contribution in [0.2, 0.25) is 0 Å². The number of hydrogen-bond donors (Lipinski definition) is 1. The molecule has 240 valence electrons. The second kappa shape index (κ2) is 13.2. The SMILES string of the molecule is Cc1ccc(C(C)C)c(N2C(=O)CSC2=NC(=S)NCc2ccc(-c3ncn(-c4ccc(OC(F)(F)C(F)(F)F)cc4)n3)cc2)c1. The molecule has 0 radical (unpaired) electrons. The number of amidine groups is 1. The highest BCUT2D eigenvalue weighted by Gasteiger charge is 2.61. The molecular weight excluding hydrogens is 648 g/mol. The van der Waals surface area contributed by atoms with Gasteiger partial charge in [0.2, 0.25) is 5.91 Å². The summed E-state index contributed by atoms with van der Waals surface area (Å²) in [6, 6.07) is 17.9. The van der Waals surface area contributed by atoms with Crippen molar-refractivity contribution in [3.05, 3.63) is 89.7 Å². The normalized spacial score (nSPS) is 14.8. The Labute approximate surface area is 270 Å². The van der Waals surface area contributed by atoms with Gasteiger partial charge in [-0.1, -0.05) is 62.0 Å². The van der Waals surface area contributed by atoms with Crippen LogP contribution in [0.25, 0.3) is 17.1 Å². The van der Waals surface area contributed by atoms with Crippen molar-refractivity contribution in [2.45, 2.75) is 45.5 Å². The molecule has 1 saturated heterocycles. The van der Waals surface area contributed by atoms with Gasteiger partial charge in [0.25, 0.3) is 0 Å². The molecule has 0 bridgehead atoms. The van der Waals surface area contributed by atoms with Gasteiger partial charge in [-0.25, -0.2) is 9.67 Å². The molecule has 0 aliphatic carbocycles. The summed E-state index contributed by atoms with van der Waals surface area (Å²) in [6.07, 6.45) is -9.76. The van der Waals surface area contributed by atoms with Crippen LogP contribution in [0.3, 0.4) is 0 Å². The number of nitrogens with one attached hydrogen (secondary N) is 1. The molecule has 1 aliphatic heterocycles. The van der Waals surface area contributed by atoms with Gasteiger partial charge in [-0.3, -0.25) is 9.69 Å². The maximum atomic E-state index is 13.2. The minimum Gasteiger partial charge on any atom is -0.426 e. The van der Waals surface area contributed by atoms with E-state index in [9.17, 15) is 26.7 Å². The molecule has 0 saturated carbocycles. The van der Waals surface area contributed by atoms with Crippen molar-refractivity contribution in [2.24, 2.45) is 4.99 Å². The Morgan fingerprint density at radius 2 is 1.76 bits per heavy atom. The van der Waals surface area contributed by atoms with E-state index in [1.165, 1.54) is 34.9 Å². The van der Waals surface area contributed by atoms with E-state index in [-0.39, 0.29) is 22.7 Å². The molecule has 1 fully saturated rings. The number of thiocarbonyl (C=S) groups is 1. The first-order valence-corrected chi connectivity index (χ1v) is 15.3. The average Bonchev–Trinajstić information content (AvgIpc) is 3.63. The van der Waals surface area contributed by atoms with E-state index in [0.717, 1.165) is 34.5 Å². The molecule has 1 amide bonds. The standard InChI is InChI=1S/C31H27F5N6O2S2/c1-18(2)24-13-4-19(3)14-25(24)42-26(43)16-46-29(42)39-28(45)37-15-20-5-7-21(8-6-20)27-38-17-41(40-27)22-9-11-23(12-10-22)44-31(35,36)30(32,33)34/h4-14,17-18H,15-16H2,1-3H3,(H,37,45). The van der Waals surface area contributed by atoms with Crippen LogP contribution in [0.4, 0.5) is 27.6 Å². The van der Waals surface area contributed by atoms with Crippen molar-refractivity contribution in [2.75, 3.05) is 10.7 Å². The van der Waals surface area contributed by atoms with Gasteiger partial charge in [-0.05, 0) is 72.1 Å². The highest BCUT2D eigenvalue weighted by Crippen LogP contribution is 2.37. The molecule has 46 heavy (non-hydrogen) atoms. The lowest BCUT2D eigenvalue weighted by Crippen LogP contribution is -2.41. The van der Waals surface area contributed by atoms with Gasteiger partial charge < -0.3 is 10.1 Å². The summed E-state index contributed by atoms with van der Waals surface area (Å²) < 4.78 is 68.7. The van der Waals surface area contributed by atoms with Crippen molar-refractivity contribution in [3.8, 4) is 22.8 Å². The number of carbonyl (C=O) groups is 1. The number of halogens is 5. The van der Waals surface area contributed by atoms with Gasteiger partial charge in [-0.15, -0.1) is 5.10 Å². The molecule has 1 N–H and O–H groups in total. The molecule has 8 nitrogen and oxygen atoms in total. The van der Waals surface area contributed by atoms with E-state index in [4.69, 9.17) is 12.2 Å². The second-order valence-corrected chi connectivity index (χ2v) is 11.9. The Hall–Kier alpha value is -4.37. The minimum atomic E-state index is -5.84. The van der Waals surface area contributed by atoms with Crippen molar-refractivity contribution < 1.29 is 31.5 Å². The van der Waals surface area contributed by atoms with Gasteiger partial charge in [0.15, 0.2) is 16.1 Å². The number of aliphatic imine (C=N–C) groups is 1. The highest BCUT2D eigenvalue weighted by atomic mass is 32.2. The fourth-order valence-corrected chi connectivity index (χ4v) is 5.57. The average molecular weight is 675 g/mol. The van der Waals surface area contributed by atoms with Gasteiger partial charge in [0.1, 0.15) is 12.1 Å². The molecule has 0 atom stereocenters. The van der Waals surface area contributed by atoms with Crippen molar-refractivity contribution in [3.63, 3.8) is 0 Å². The lowest BCUT2D eigenvalue weighted by atomic mass is 9.99. The molecule has 3 aromatic carbocycles. The summed E-state index contributed by atoms with van der Waals surface area (Å²) in [4.78, 5) is 23.3. The van der Waals surface area contributed by atoms with Crippen molar-refractivity contribution in [1.82, 2.24) is 20.1 Å². The predicted molar refractivity (Wildman–Crippen MR) is 171 cm³/mol. The Kier molecular flexibility index (Phi) is 9.44. The zero-order valence-electron chi connectivity index (χ0n) is 24.7. The number of aromatic nitrogens is 3. The summed E-state index contributed by atoms with van der Waals surface area (Å²) in [5, 5.41) is 8.24. The number of thioether (sulfide) groups is 1. The van der Waals surface area contributed by atoms with Crippen LogP contribution >= 0.6 is 24.0 Å². The molecule has 5 rings (SSSR count). The third-order valence-corrected chi connectivity index (χ3v) is 8.00. The Balaban J connectivity index is 1.21. The maximum absolute atomic E-state index is 13.2. The quantitative estimate of drug-likeness (QED) is 0.154. The van der Waals surface area contributed by atoms with Gasteiger partial charge in [-0.2, -0.15) is 26.9 Å². The summed E-state index contributed by atoms with van der Waals surface area (Å²) in [7, 11) is 0. The predicted octanol–water partition coefficient (Wildman–Crippen LogP) is 7.41. The number of anilines is 1. The van der Waals surface area contributed by atoms with E-state index in [0.29, 0.717) is 28.8 Å². The molecular formula is C31H27F5N6O2S2. The number of benzene rings is 3. The number of carbonyl (C=O) groups excluding carboxylic acids is 1. The zero-order chi connectivity index (χ0) is 33.2. The number of alkyl halides is 5. The van der Waals surface area contributed by atoms with Crippen LogP contribution in [0, 0.1) is 6.92 Å². The van der Waals surface area contributed by atoms with Gasteiger partial charge >= 0.3 is 12.3 Å². The number of nitrogens with zero attached hydrogens (tertiary/aromatic N) is 5. The topological polar surface area (TPSA) is 84.6 Å². The van der Waals surface area contributed by atoms with Gasteiger partial charge in [0.05, 0.1) is 17.1 Å². The number of rotatable bonds is 8. The van der Waals surface area contributed by atoms with Gasteiger partial charge in [0, 0.05) is 12.1 Å². The van der Waals surface area contributed by atoms with E-state index in [2.05, 4.69) is 39.0 Å². The van der Waals surface area contributed by atoms with E-state index < -0.39 is 18.0 Å². The van der Waals surface area contributed by atoms with Crippen molar-refractivity contribution in [1.29, 1.82) is 0 Å². The number of aryl methyl sites for hydroxylation is 1. The van der Waals surface area contributed by atoms with Crippen LogP contribution in [0.15, 0.2) is 78.0 Å². The first kappa shape index (κ1) is 33.0. The van der Waals surface area contributed by atoms with Crippen LogP contribution < -0.4 is 15.0 Å². The van der Waals surface area contributed by atoms with Crippen molar-refractivity contribution >= 4 is 45.9 Å². The third kappa shape index (κ3) is 7.36. The summed E-state index contributed by atoms with van der Waals surface area (Å²) >= 11 is 6.81. The summed E-state index contributed by atoms with van der Waals surface area (Å²) in [6.45, 7) is 6.51. The van der Waals surface area contributed by atoms with E-state index in [1.807, 2.05) is 37.3 Å². The third-order valence-electron chi connectivity index (χ3n) is 6.84. The van der Waals surface area contributed by atoms with E-state index in [1.54, 1.807) is 17.0 Å². The fraction of sp³-hybridized carbons (Fsp3) is 0.258. The number of hydrogen-bond acceptors (Lipinski definition) is 6. The van der Waals surface area contributed by atoms with Crippen LogP contribution in [0.5, 0.6) is 5.75 Å². The Morgan fingerprint density at radius 3 is 2.41 bits per heavy atom. The first-order valence-electron chi connectivity index (χ1n) is 13.9. The van der Waals surface area contributed by atoms with E-state index >= 15 is 0 Å². The highest BCUT2D eigenvalue weighted by molar-refractivity contribution is 8.15. The molecule has 4 aromatic rings. The minimum absolute atomic E-state index is 0.0534. The number of ether oxygens (including phenoxy) is 1.